The zero-order chi connectivity index (χ0) is 11.4. The lowest BCUT2D eigenvalue weighted by atomic mass is 10.1. The molecule has 1 atom stereocenters. The fraction of sp³-hybridized carbons (Fsp3) is 0.917. The summed E-state index contributed by atoms with van der Waals surface area (Å²) in [5.41, 5.74) is 0. The molecule has 92 valence electrons. The number of hydrogen-bond acceptors (Lipinski definition) is 2. The van der Waals surface area contributed by atoms with Gasteiger partial charge in [0.05, 0.1) is 0 Å². The fourth-order valence-electron chi connectivity index (χ4n) is 2.14. The molecular formula is C12H24N4. The van der Waals surface area contributed by atoms with E-state index in [-0.39, 0.29) is 0 Å². The van der Waals surface area contributed by atoms with E-state index in [1.54, 1.807) is 0 Å². The van der Waals surface area contributed by atoms with E-state index in [1.807, 2.05) is 0 Å². The van der Waals surface area contributed by atoms with Crippen molar-refractivity contribution in [2.24, 2.45) is 10.9 Å². The van der Waals surface area contributed by atoms with Crippen LogP contribution in [0.3, 0.4) is 0 Å². The van der Waals surface area contributed by atoms with Crippen molar-refractivity contribution in [1.29, 1.82) is 0 Å². The maximum absolute atomic E-state index is 4.68. The Labute approximate surface area is 98.5 Å². The zero-order valence-electron chi connectivity index (χ0n) is 10.5. The van der Waals surface area contributed by atoms with Crippen molar-refractivity contribution in [2.45, 2.75) is 32.2 Å². The Morgan fingerprint density at radius 1 is 1.38 bits per heavy atom. The average molecular weight is 224 g/mol. The Balaban J connectivity index is 1.76. The van der Waals surface area contributed by atoms with Gasteiger partial charge in [-0.05, 0) is 45.7 Å². The van der Waals surface area contributed by atoms with Crippen LogP contribution in [0.1, 0.15) is 26.2 Å². The first-order chi connectivity index (χ1) is 7.78. The minimum absolute atomic E-state index is 0.684. The number of nitrogens with zero attached hydrogens (tertiary/aromatic N) is 2. The van der Waals surface area contributed by atoms with Crippen LogP contribution in [0, 0.1) is 5.92 Å². The third-order valence-corrected chi connectivity index (χ3v) is 3.26. The second-order valence-corrected chi connectivity index (χ2v) is 5.06. The van der Waals surface area contributed by atoms with Gasteiger partial charge in [-0.25, -0.2) is 0 Å². The van der Waals surface area contributed by atoms with Crippen molar-refractivity contribution >= 4 is 5.96 Å². The highest BCUT2D eigenvalue weighted by molar-refractivity contribution is 5.80. The first-order valence-electron chi connectivity index (χ1n) is 6.51. The number of likely N-dealkylation sites (tertiary alicyclic amines) is 1. The molecule has 16 heavy (non-hydrogen) atoms. The molecule has 2 fully saturated rings. The van der Waals surface area contributed by atoms with Gasteiger partial charge in [-0.2, -0.15) is 0 Å². The quantitative estimate of drug-likeness (QED) is 0.544. The van der Waals surface area contributed by atoms with Gasteiger partial charge in [0.15, 0.2) is 5.96 Å². The average Bonchev–Trinajstić information content (AvgIpc) is 2.97. The zero-order valence-corrected chi connectivity index (χ0v) is 10.5. The van der Waals surface area contributed by atoms with Crippen molar-refractivity contribution in [2.75, 3.05) is 33.2 Å². The van der Waals surface area contributed by atoms with Gasteiger partial charge in [0, 0.05) is 25.7 Å². The molecule has 0 aromatic carbocycles. The van der Waals surface area contributed by atoms with Crippen LogP contribution in [0.15, 0.2) is 4.99 Å². The normalized spacial score (nSPS) is 27.1. The summed E-state index contributed by atoms with van der Waals surface area (Å²) in [6.07, 6.45) is 3.90. The Morgan fingerprint density at radius 2 is 2.19 bits per heavy atom. The minimum Gasteiger partial charge on any atom is -0.357 e. The van der Waals surface area contributed by atoms with Crippen molar-refractivity contribution in [3.8, 4) is 0 Å². The lowest BCUT2D eigenvalue weighted by molar-refractivity contribution is 0.397. The molecule has 1 unspecified atom stereocenters. The monoisotopic (exact) mass is 224 g/mol. The van der Waals surface area contributed by atoms with Crippen LogP contribution in [0.5, 0.6) is 0 Å². The molecule has 4 nitrogen and oxygen atoms in total. The van der Waals surface area contributed by atoms with Crippen LogP contribution >= 0.6 is 0 Å². The van der Waals surface area contributed by atoms with Gasteiger partial charge in [-0.3, -0.25) is 4.99 Å². The van der Waals surface area contributed by atoms with E-state index in [2.05, 4.69) is 34.5 Å². The summed E-state index contributed by atoms with van der Waals surface area (Å²) in [4.78, 5) is 7.07. The van der Waals surface area contributed by atoms with Crippen LogP contribution in [-0.2, 0) is 0 Å². The van der Waals surface area contributed by atoms with Crippen LogP contribution in [0.2, 0.25) is 0 Å². The van der Waals surface area contributed by atoms with Crippen molar-refractivity contribution < 1.29 is 0 Å². The van der Waals surface area contributed by atoms with Crippen molar-refractivity contribution in [3.63, 3.8) is 0 Å². The summed E-state index contributed by atoms with van der Waals surface area (Å²) >= 11 is 0. The Kier molecular flexibility index (Phi) is 4.04. The second kappa shape index (κ2) is 5.53. The first-order valence-corrected chi connectivity index (χ1v) is 6.51. The third-order valence-electron chi connectivity index (χ3n) is 3.26. The molecule has 0 aromatic rings. The number of aliphatic imine (C=N–C) groups is 1. The lowest BCUT2D eigenvalue weighted by Gasteiger charge is -2.12. The Hall–Kier alpha value is -0.770. The van der Waals surface area contributed by atoms with E-state index >= 15 is 0 Å². The van der Waals surface area contributed by atoms with Gasteiger partial charge in [-0.15, -0.1) is 0 Å². The van der Waals surface area contributed by atoms with Gasteiger partial charge >= 0.3 is 0 Å². The number of rotatable bonds is 4. The molecule has 2 N–H and O–H groups in total. The highest BCUT2D eigenvalue weighted by Crippen LogP contribution is 2.18. The molecular weight excluding hydrogens is 200 g/mol. The molecule has 1 heterocycles. The molecule has 0 aromatic heterocycles. The van der Waals surface area contributed by atoms with Crippen molar-refractivity contribution in [1.82, 2.24) is 15.5 Å². The van der Waals surface area contributed by atoms with E-state index in [0.29, 0.717) is 6.04 Å². The predicted octanol–water partition coefficient (Wildman–Crippen LogP) is 0.656. The van der Waals surface area contributed by atoms with E-state index in [0.717, 1.165) is 25.0 Å². The standard InChI is InChI=1S/C12H24N4/c1-3-13-12(15-11-4-5-11)14-8-10-6-7-16(2)9-10/h10-11H,3-9H2,1-2H3,(H2,13,14,15). The Morgan fingerprint density at radius 3 is 2.75 bits per heavy atom. The summed E-state index contributed by atoms with van der Waals surface area (Å²) < 4.78 is 0. The number of nitrogens with one attached hydrogen (secondary N) is 2. The maximum atomic E-state index is 4.68. The van der Waals surface area contributed by atoms with Gasteiger partial charge in [-0.1, -0.05) is 0 Å². The van der Waals surface area contributed by atoms with E-state index in [9.17, 15) is 0 Å². The smallest absolute Gasteiger partial charge is 0.191 e. The molecule has 0 spiro atoms. The molecule has 2 aliphatic rings. The van der Waals surface area contributed by atoms with Crippen LogP contribution in [-0.4, -0.2) is 50.1 Å². The first kappa shape index (κ1) is 11.7. The fourth-order valence-corrected chi connectivity index (χ4v) is 2.14. The second-order valence-electron chi connectivity index (χ2n) is 5.06. The number of guanidine groups is 1. The van der Waals surface area contributed by atoms with Crippen LogP contribution in [0.4, 0.5) is 0 Å². The van der Waals surface area contributed by atoms with E-state index in [1.165, 1.54) is 32.4 Å². The summed E-state index contributed by atoms with van der Waals surface area (Å²) in [5.74, 6) is 1.76. The van der Waals surface area contributed by atoms with Gasteiger partial charge < -0.3 is 15.5 Å². The highest BCUT2D eigenvalue weighted by Gasteiger charge is 2.23. The summed E-state index contributed by atoms with van der Waals surface area (Å²) in [5, 5.41) is 6.77. The largest absolute Gasteiger partial charge is 0.357 e. The molecule has 0 bridgehead atoms. The van der Waals surface area contributed by atoms with Gasteiger partial charge in [0.1, 0.15) is 0 Å². The molecule has 1 saturated carbocycles. The third kappa shape index (κ3) is 3.67. The molecule has 4 heteroatoms. The van der Waals surface area contributed by atoms with Crippen molar-refractivity contribution in [3.05, 3.63) is 0 Å². The summed E-state index contributed by atoms with van der Waals surface area (Å²) in [6.45, 7) is 6.46. The van der Waals surface area contributed by atoms with Crippen LogP contribution in [0.25, 0.3) is 0 Å². The van der Waals surface area contributed by atoms with Gasteiger partial charge in [0.25, 0.3) is 0 Å². The minimum atomic E-state index is 0.684. The number of hydrogen-bond donors (Lipinski definition) is 2. The lowest BCUT2D eigenvalue weighted by Crippen LogP contribution is -2.39. The van der Waals surface area contributed by atoms with Gasteiger partial charge in [0.2, 0.25) is 0 Å². The molecule has 0 radical (unpaired) electrons. The molecule has 1 aliphatic carbocycles. The molecule has 1 saturated heterocycles. The Bertz CT molecular complexity index is 247. The molecule has 1 aliphatic heterocycles. The molecule has 0 amide bonds. The SMILES string of the molecule is CCNC(=NCC1CCN(C)C1)NC1CC1. The molecule has 2 rings (SSSR count). The summed E-state index contributed by atoms with van der Waals surface area (Å²) in [6, 6.07) is 0.684. The predicted molar refractivity (Wildman–Crippen MR) is 67.7 cm³/mol. The maximum Gasteiger partial charge on any atom is 0.191 e. The van der Waals surface area contributed by atoms with Crippen LogP contribution < -0.4 is 10.6 Å². The van der Waals surface area contributed by atoms with E-state index in [4.69, 9.17) is 0 Å². The topological polar surface area (TPSA) is 39.7 Å². The van der Waals surface area contributed by atoms with E-state index < -0.39 is 0 Å². The highest BCUT2D eigenvalue weighted by atomic mass is 15.2. The summed E-state index contributed by atoms with van der Waals surface area (Å²) in [7, 11) is 2.19.